The van der Waals surface area contributed by atoms with Gasteiger partial charge in [0, 0.05) is 6.20 Å². The van der Waals surface area contributed by atoms with E-state index < -0.39 is 6.09 Å². The van der Waals surface area contributed by atoms with Crippen molar-refractivity contribution in [1.82, 2.24) is 4.98 Å². The Morgan fingerprint density at radius 2 is 2.25 bits per heavy atom. The minimum atomic E-state index is -1.33. The number of nitrogens with two attached hydrogens (primary N) is 1. The maximum Gasteiger partial charge on any atom is 0.402 e. The van der Waals surface area contributed by atoms with Crippen LogP contribution in [0.1, 0.15) is 0 Å². The Kier molecular flexibility index (Phi) is 6.31. The van der Waals surface area contributed by atoms with Crippen molar-refractivity contribution in [2.75, 3.05) is 0 Å². The summed E-state index contributed by atoms with van der Waals surface area (Å²) in [5.41, 5.74) is 4.03. The average molecular weight is 204 g/mol. The molecule has 66 valence electrons. The normalized spacial score (nSPS) is 8.08. The highest BCUT2D eigenvalue weighted by Gasteiger charge is 1.83. The van der Waals surface area contributed by atoms with Crippen LogP contribution in [0.2, 0.25) is 0 Å². The molecular weight excluding hydrogens is 196 g/mol. The van der Waals surface area contributed by atoms with Crippen molar-refractivity contribution in [2.45, 2.75) is 5.03 Å². The van der Waals surface area contributed by atoms with Crippen molar-refractivity contribution >= 4 is 28.5 Å². The van der Waals surface area contributed by atoms with Gasteiger partial charge in [-0.2, -0.15) is 0 Å². The second-order valence-corrected chi connectivity index (χ2v) is 2.75. The first-order valence-electron chi connectivity index (χ1n) is 2.87. The predicted molar refractivity (Wildman–Crippen MR) is 51.3 cm³/mol. The van der Waals surface area contributed by atoms with Crippen LogP contribution in [0.5, 0.6) is 0 Å². The molecule has 6 heteroatoms. The summed E-state index contributed by atoms with van der Waals surface area (Å²) in [5.74, 6) is 0. The van der Waals surface area contributed by atoms with E-state index in [1.54, 1.807) is 6.20 Å². The van der Waals surface area contributed by atoms with Gasteiger partial charge in [-0.05, 0) is 22.9 Å². The molecule has 0 aromatic carbocycles. The highest BCUT2D eigenvalue weighted by molar-refractivity contribution is 8.68. The first kappa shape index (κ1) is 11.1. The fraction of sp³-hybridized carbons (Fsp3) is 0. The van der Waals surface area contributed by atoms with Crippen molar-refractivity contribution in [3.05, 3.63) is 24.4 Å². The topological polar surface area (TPSA) is 76.2 Å². The van der Waals surface area contributed by atoms with Gasteiger partial charge in [-0.25, -0.2) is 9.78 Å². The highest BCUT2D eigenvalue weighted by Crippen LogP contribution is 2.16. The molecule has 0 fully saturated rings. The molecule has 0 atom stereocenters. The minimum Gasteiger partial charge on any atom is -0.465 e. The molecule has 0 radical (unpaired) electrons. The van der Waals surface area contributed by atoms with Gasteiger partial charge in [0.05, 0.1) is 0 Å². The van der Waals surface area contributed by atoms with Crippen LogP contribution in [0, 0.1) is 0 Å². The molecule has 4 nitrogen and oxygen atoms in total. The first-order chi connectivity index (χ1) is 5.66. The summed E-state index contributed by atoms with van der Waals surface area (Å²) in [6.07, 6.45) is 0.415. The number of hydrogen-bond donors (Lipinski definition) is 3. The SMILES string of the molecule is NC(=O)O.SSc1ccccn1. The number of amides is 1. The summed E-state index contributed by atoms with van der Waals surface area (Å²) in [5, 5.41) is 8.14. The number of thiol groups is 1. The van der Waals surface area contributed by atoms with Gasteiger partial charge in [0.1, 0.15) is 5.03 Å². The molecular formula is C6H8N2O2S2. The van der Waals surface area contributed by atoms with E-state index in [4.69, 9.17) is 9.90 Å². The summed E-state index contributed by atoms with van der Waals surface area (Å²) in [4.78, 5) is 12.8. The lowest BCUT2D eigenvalue weighted by atomic mass is 10.5. The van der Waals surface area contributed by atoms with E-state index in [0.29, 0.717) is 0 Å². The molecule has 3 N–H and O–H groups in total. The summed E-state index contributed by atoms with van der Waals surface area (Å²) in [6, 6.07) is 5.73. The number of primary amides is 1. The van der Waals surface area contributed by atoms with Gasteiger partial charge in [-0.3, -0.25) is 0 Å². The van der Waals surface area contributed by atoms with E-state index in [-0.39, 0.29) is 0 Å². The van der Waals surface area contributed by atoms with Crippen LogP contribution in [0.3, 0.4) is 0 Å². The Bertz CT molecular complexity index is 226. The van der Waals surface area contributed by atoms with Crippen molar-refractivity contribution in [2.24, 2.45) is 5.73 Å². The Hall–Kier alpha value is -0.880. The second-order valence-electron chi connectivity index (χ2n) is 1.60. The third-order valence-electron chi connectivity index (χ3n) is 0.731. The van der Waals surface area contributed by atoms with Crippen molar-refractivity contribution < 1.29 is 9.90 Å². The van der Waals surface area contributed by atoms with E-state index in [2.05, 4.69) is 22.4 Å². The number of rotatable bonds is 1. The number of aromatic nitrogens is 1. The molecule has 1 amide bonds. The minimum absolute atomic E-state index is 0.941. The summed E-state index contributed by atoms with van der Waals surface area (Å²) in [6.45, 7) is 0. The molecule has 0 unspecified atom stereocenters. The molecule has 1 aromatic heterocycles. The predicted octanol–water partition coefficient (Wildman–Crippen LogP) is 1.64. The van der Waals surface area contributed by atoms with E-state index in [9.17, 15) is 0 Å². The average Bonchev–Trinajstić information content (AvgIpc) is 2.05. The standard InChI is InChI=1S/C5H5NS2.CH3NO2/c7-8-5-3-1-2-4-6-5;2-1(3)4/h1-4,7H;2H2,(H,3,4). The third kappa shape index (κ3) is 7.23. The molecule has 0 saturated heterocycles. The van der Waals surface area contributed by atoms with Crippen LogP contribution in [-0.4, -0.2) is 16.2 Å². The Morgan fingerprint density at radius 1 is 1.67 bits per heavy atom. The van der Waals surface area contributed by atoms with Crippen molar-refractivity contribution in [3.8, 4) is 0 Å². The van der Waals surface area contributed by atoms with Crippen molar-refractivity contribution in [1.29, 1.82) is 0 Å². The van der Waals surface area contributed by atoms with Crippen LogP contribution in [0.4, 0.5) is 4.79 Å². The van der Waals surface area contributed by atoms with Gasteiger partial charge in [0.2, 0.25) is 0 Å². The zero-order chi connectivity index (χ0) is 9.40. The fourth-order valence-corrected chi connectivity index (χ4v) is 0.973. The van der Waals surface area contributed by atoms with Crippen LogP contribution in [0.15, 0.2) is 29.4 Å². The summed E-state index contributed by atoms with van der Waals surface area (Å²) >= 11 is 3.96. The van der Waals surface area contributed by atoms with Gasteiger partial charge in [0.25, 0.3) is 0 Å². The van der Waals surface area contributed by atoms with Crippen LogP contribution >= 0.6 is 22.5 Å². The molecule has 0 saturated carbocycles. The maximum absolute atomic E-state index is 8.78. The lowest BCUT2D eigenvalue weighted by molar-refractivity contribution is 0.205. The number of hydrogen-bond acceptors (Lipinski definition) is 4. The second kappa shape index (κ2) is 6.81. The Morgan fingerprint density at radius 3 is 2.50 bits per heavy atom. The van der Waals surface area contributed by atoms with Gasteiger partial charge in [-0.15, -0.1) is 11.7 Å². The van der Waals surface area contributed by atoms with Gasteiger partial charge < -0.3 is 10.8 Å². The molecule has 0 bridgehead atoms. The number of pyridine rings is 1. The fourth-order valence-electron chi connectivity index (χ4n) is 0.401. The molecule has 0 spiro atoms. The van der Waals surface area contributed by atoms with Gasteiger partial charge >= 0.3 is 6.09 Å². The first-order valence-corrected chi connectivity index (χ1v) is 4.74. The van der Waals surface area contributed by atoms with E-state index in [1.807, 2.05) is 18.2 Å². The van der Waals surface area contributed by atoms with Crippen LogP contribution in [0.25, 0.3) is 0 Å². The van der Waals surface area contributed by atoms with E-state index in [1.165, 1.54) is 10.8 Å². The van der Waals surface area contributed by atoms with E-state index in [0.717, 1.165) is 5.03 Å². The number of nitrogens with zero attached hydrogens (tertiary/aromatic N) is 1. The molecule has 0 aliphatic rings. The molecule has 0 aliphatic carbocycles. The number of carbonyl (C=O) groups is 1. The molecule has 1 aromatic rings. The van der Waals surface area contributed by atoms with Gasteiger partial charge in [0.15, 0.2) is 0 Å². The molecule has 12 heavy (non-hydrogen) atoms. The lowest BCUT2D eigenvalue weighted by Gasteiger charge is -1.87. The molecule has 0 aliphatic heterocycles. The van der Waals surface area contributed by atoms with Crippen molar-refractivity contribution in [3.63, 3.8) is 0 Å². The monoisotopic (exact) mass is 204 g/mol. The maximum atomic E-state index is 8.78. The molecule has 1 rings (SSSR count). The summed E-state index contributed by atoms with van der Waals surface area (Å²) < 4.78 is 0. The number of carboxylic acid groups (broad SMARTS) is 1. The van der Waals surface area contributed by atoms with E-state index >= 15 is 0 Å². The van der Waals surface area contributed by atoms with Crippen LogP contribution in [-0.2, 0) is 0 Å². The zero-order valence-electron chi connectivity index (χ0n) is 6.04. The molecule has 1 heterocycles. The Labute approximate surface area is 79.0 Å². The van der Waals surface area contributed by atoms with Crippen LogP contribution < -0.4 is 5.73 Å². The Balaban J connectivity index is 0.000000261. The quantitative estimate of drug-likeness (QED) is 0.480. The summed E-state index contributed by atoms with van der Waals surface area (Å²) in [7, 11) is 1.35. The highest BCUT2D eigenvalue weighted by atomic mass is 33.1. The lowest BCUT2D eigenvalue weighted by Crippen LogP contribution is -2.03. The smallest absolute Gasteiger partial charge is 0.402 e. The largest absolute Gasteiger partial charge is 0.465 e. The zero-order valence-corrected chi connectivity index (χ0v) is 7.76. The third-order valence-corrected chi connectivity index (χ3v) is 1.72. The van der Waals surface area contributed by atoms with Gasteiger partial charge in [-0.1, -0.05) is 6.07 Å².